The van der Waals surface area contributed by atoms with Crippen LogP contribution in [0.5, 0.6) is 0 Å². The standard InChI is InChI=1S/C20H18BrClFNO2S/c1-26-18(25)11-20(27-14-6-4-12(22)5-7-14)17-3-2-8-24(17)16-10-13(23)9-15(21)19(16)20/h4-7,9-10,17H,2-3,8,11H2,1H3. The van der Waals surface area contributed by atoms with Crippen LogP contribution in [-0.2, 0) is 14.3 Å². The monoisotopic (exact) mass is 469 g/mol. The van der Waals surface area contributed by atoms with E-state index in [1.165, 1.54) is 13.2 Å². The lowest BCUT2D eigenvalue weighted by Crippen LogP contribution is -2.40. The van der Waals surface area contributed by atoms with Crippen LogP contribution in [0.15, 0.2) is 45.8 Å². The number of nitrogens with zero attached hydrogens (tertiary/aromatic N) is 1. The maximum absolute atomic E-state index is 14.2. The summed E-state index contributed by atoms with van der Waals surface area (Å²) in [5, 5.41) is 0.666. The molecule has 2 atom stereocenters. The molecule has 7 heteroatoms. The zero-order valence-electron chi connectivity index (χ0n) is 14.7. The molecule has 0 aromatic heterocycles. The Morgan fingerprint density at radius 3 is 2.85 bits per heavy atom. The molecule has 2 aromatic rings. The molecule has 2 unspecified atom stereocenters. The first kappa shape index (κ1) is 19.1. The van der Waals surface area contributed by atoms with E-state index >= 15 is 0 Å². The Kier molecular flexibility index (Phi) is 5.16. The SMILES string of the molecule is COC(=O)CC1(Sc2ccc(Cl)cc2)c2c(Br)cc(F)cc2N2CCCC21. The summed E-state index contributed by atoms with van der Waals surface area (Å²) < 4.78 is 19.3. The lowest BCUT2D eigenvalue weighted by atomic mass is 9.89. The van der Waals surface area contributed by atoms with Gasteiger partial charge in [-0.15, -0.1) is 11.8 Å². The van der Waals surface area contributed by atoms with Crippen LogP contribution in [0.2, 0.25) is 5.02 Å². The summed E-state index contributed by atoms with van der Waals surface area (Å²) in [5.74, 6) is -0.552. The van der Waals surface area contributed by atoms with Crippen molar-refractivity contribution >= 4 is 50.9 Å². The van der Waals surface area contributed by atoms with E-state index in [0.717, 1.165) is 35.5 Å². The summed E-state index contributed by atoms with van der Waals surface area (Å²) in [5.41, 5.74) is 1.84. The van der Waals surface area contributed by atoms with E-state index in [0.29, 0.717) is 9.50 Å². The minimum Gasteiger partial charge on any atom is -0.469 e. The molecule has 2 heterocycles. The normalized spacial score (nSPS) is 23.3. The maximum Gasteiger partial charge on any atom is 0.307 e. The number of methoxy groups -OCH3 is 1. The van der Waals surface area contributed by atoms with Gasteiger partial charge in [-0.2, -0.15) is 0 Å². The number of hydrogen-bond acceptors (Lipinski definition) is 4. The number of hydrogen-bond donors (Lipinski definition) is 0. The molecular formula is C20H18BrClFNO2S. The van der Waals surface area contributed by atoms with Gasteiger partial charge in [0.15, 0.2) is 0 Å². The summed E-state index contributed by atoms with van der Waals surface area (Å²) in [6.45, 7) is 0.859. The largest absolute Gasteiger partial charge is 0.469 e. The number of carbonyl (C=O) groups is 1. The van der Waals surface area contributed by atoms with Crippen molar-refractivity contribution in [2.75, 3.05) is 18.6 Å². The van der Waals surface area contributed by atoms with Crippen LogP contribution in [0, 0.1) is 5.82 Å². The molecule has 3 nitrogen and oxygen atoms in total. The van der Waals surface area contributed by atoms with Crippen LogP contribution in [-0.4, -0.2) is 25.7 Å². The van der Waals surface area contributed by atoms with Crippen LogP contribution < -0.4 is 4.90 Å². The number of anilines is 1. The summed E-state index contributed by atoms with van der Waals surface area (Å²) in [4.78, 5) is 15.7. The molecule has 0 spiro atoms. The fourth-order valence-corrected chi connectivity index (χ4v) is 6.89. The molecule has 142 valence electrons. The predicted octanol–water partition coefficient (Wildman–Crippen LogP) is 5.77. The van der Waals surface area contributed by atoms with E-state index < -0.39 is 4.75 Å². The summed E-state index contributed by atoms with van der Waals surface area (Å²) in [6, 6.07) is 10.8. The van der Waals surface area contributed by atoms with E-state index in [2.05, 4.69) is 20.8 Å². The van der Waals surface area contributed by atoms with E-state index in [9.17, 15) is 9.18 Å². The number of esters is 1. The van der Waals surface area contributed by atoms with Crippen molar-refractivity contribution in [3.63, 3.8) is 0 Å². The first-order chi connectivity index (χ1) is 12.9. The van der Waals surface area contributed by atoms with Gasteiger partial charge < -0.3 is 9.64 Å². The Morgan fingerprint density at radius 1 is 1.41 bits per heavy atom. The summed E-state index contributed by atoms with van der Waals surface area (Å²) >= 11 is 11.2. The Morgan fingerprint density at radius 2 is 2.15 bits per heavy atom. The molecule has 27 heavy (non-hydrogen) atoms. The zero-order valence-corrected chi connectivity index (χ0v) is 17.8. The van der Waals surface area contributed by atoms with E-state index in [4.69, 9.17) is 16.3 Å². The number of rotatable bonds is 4. The van der Waals surface area contributed by atoms with Gasteiger partial charge in [-0.1, -0.05) is 27.5 Å². The smallest absolute Gasteiger partial charge is 0.307 e. The van der Waals surface area contributed by atoms with Crippen molar-refractivity contribution in [2.45, 2.75) is 34.9 Å². The molecular weight excluding hydrogens is 453 g/mol. The average Bonchev–Trinajstić information content (AvgIpc) is 3.20. The predicted molar refractivity (Wildman–Crippen MR) is 110 cm³/mol. The Balaban J connectivity index is 1.89. The van der Waals surface area contributed by atoms with Crippen molar-refractivity contribution in [1.82, 2.24) is 0 Å². The first-order valence-electron chi connectivity index (χ1n) is 8.72. The van der Waals surface area contributed by atoms with Crippen molar-refractivity contribution < 1.29 is 13.9 Å². The molecule has 1 saturated heterocycles. The van der Waals surface area contributed by atoms with Gasteiger partial charge in [-0.05, 0) is 49.2 Å². The molecule has 1 fully saturated rings. The van der Waals surface area contributed by atoms with Gasteiger partial charge in [0.1, 0.15) is 5.82 Å². The van der Waals surface area contributed by atoms with Gasteiger partial charge in [-0.3, -0.25) is 4.79 Å². The second kappa shape index (κ2) is 7.30. The van der Waals surface area contributed by atoms with Crippen molar-refractivity contribution in [3.05, 3.63) is 57.3 Å². The third-order valence-electron chi connectivity index (χ3n) is 5.31. The highest BCUT2D eigenvalue weighted by molar-refractivity contribution is 9.10. The molecule has 2 aromatic carbocycles. The van der Waals surface area contributed by atoms with Gasteiger partial charge in [0, 0.05) is 38.2 Å². The maximum atomic E-state index is 14.2. The highest BCUT2D eigenvalue weighted by Gasteiger charge is 2.55. The fraction of sp³-hybridized carbons (Fsp3) is 0.350. The molecule has 0 radical (unpaired) electrons. The Bertz CT molecular complexity index is 894. The van der Waals surface area contributed by atoms with Crippen LogP contribution in [0.4, 0.5) is 10.1 Å². The minimum atomic E-state index is -0.556. The molecule has 0 N–H and O–H groups in total. The molecule has 4 rings (SSSR count). The number of fused-ring (bicyclic) bond motifs is 3. The van der Waals surface area contributed by atoms with Crippen molar-refractivity contribution in [3.8, 4) is 0 Å². The van der Waals surface area contributed by atoms with E-state index in [1.807, 2.05) is 24.3 Å². The van der Waals surface area contributed by atoms with Gasteiger partial charge in [-0.25, -0.2) is 4.39 Å². The zero-order chi connectivity index (χ0) is 19.2. The van der Waals surface area contributed by atoms with Gasteiger partial charge in [0.2, 0.25) is 0 Å². The third-order valence-corrected chi connectivity index (χ3v) is 7.68. The van der Waals surface area contributed by atoms with E-state index in [1.54, 1.807) is 17.8 Å². The summed E-state index contributed by atoms with van der Waals surface area (Å²) in [7, 11) is 1.41. The first-order valence-corrected chi connectivity index (χ1v) is 10.7. The van der Waals surface area contributed by atoms with E-state index in [-0.39, 0.29) is 24.2 Å². The lowest BCUT2D eigenvalue weighted by Gasteiger charge is -2.35. The molecule has 0 aliphatic carbocycles. The van der Waals surface area contributed by atoms with Crippen LogP contribution in [0.25, 0.3) is 0 Å². The number of benzene rings is 2. The highest BCUT2D eigenvalue weighted by Crippen LogP contribution is 2.61. The van der Waals surface area contributed by atoms with Crippen LogP contribution in [0.3, 0.4) is 0 Å². The highest BCUT2D eigenvalue weighted by atomic mass is 79.9. The molecule has 2 aliphatic heterocycles. The number of ether oxygens (including phenoxy) is 1. The third kappa shape index (κ3) is 3.26. The quantitative estimate of drug-likeness (QED) is 0.530. The van der Waals surface area contributed by atoms with Crippen LogP contribution >= 0.6 is 39.3 Å². The fourth-order valence-electron chi connectivity index (χ4n) is 4.27. The Labute approximate surface area is 175 Å². The van der Waals surface area contributed by atoms with Gasteiger partial charge in [0.05, 0.1) is 18.3 Å². The summed E-state index contributed by atoms with van der Waals surface area (Å²) in [6.07, 6.45) is 2.18. The Hall–Kier alpha value is -1.24. The average molecular weight is 471 g/mol. The van der Waals surface area contributed by atoms with Gasteiger partial charge >= 0.3 is 5.97 Å². The molecule has 0 amide bonds. The van der Waals surface area contributed by atoms with Crippen molar-refractivity contribution in [1.29, 1.82) is 0 Å². The molecule has 0 saturated carbocycles. The van der Waals surface area contributed by atoms with Crippen LogP contribution in [0.1, 0.15) is 24.8 Å². The van der Waals surface area contributed by atoms with Crippen molar-refractivity contribution in [2.24, 2.45) is 0 Å². The molecule has 0 bridgehead atoms. The lowest BCUT2D eigenvalue weighted by molar-refractivity contribution is -0.141. The topological polar surface area (TPSA) is 29.5 Å². The number of thioether (sulfide) groups is 1. The minimum absolute atomic E-state index is 0.102. The second-order valence-electron chi connectivity index (χ2n) is 6.83. The van der Waals surface area contributed by atoms with Gasteiger partial charge in [0.25, 0.3) is 0 Å². The molecule has 2 aliphatic rings. The number of carbonyl (C=O) groups excluding carboxylic acids is 1. The second-order valence-corrected chi connectivity index (χ2v) is 9.53. The number of halogens is 3.